The minimum absolute atomic E-state index is 0.242. The van der Waals surface area contributed by atoms with E-state index >= 15 is 0 Å². The molecular formula is C22H27N4O4PS. The van der Waals surface area contributed by atoms with E-state index in [4.69, 9.17) is 4.74 Å². The van der Waals surface area contributed by atoms with Crippen molar-refractivity contribution in [2.24, 2.45) is 0 Å². The van der Waals surface area contributed by atoms with Crippen LogP contribution in [0.15, 0.2) is 59.6 Å². The summed E-state index contributed by atoms with van der Waals surface area (Å²) in [5, 5.41) is 5.78. The zero-order valence-corrected chi connectivity index (χ0v) is 20.4. The standard InChI is InChI=1S/C22H27N4O4PS/c1-15(2)32(28,29)19-9-7-6-8-17(19)24-16-12-13-23-20(14-16)25-18-10-11-21(31(4,5)27)26-22(18)30-3/h6-15H,1-5H3,(H2,23,24,25). The number of para-hydroxylation sites is 1. The van der Waals surface area contributed by atoms with Crippen molar-refractivity contribution in [2.75, 3.05) is 31.1 Å². The van der Waals surface area contributed by atoms with Gasteiger partial charge in [0.25, 0.3) is 0 Å². The average molecular weight is 475 g/mol. The van der Waals surface area contributed by atoms with Gasteiger partial charge in [0, 0.05) is 18.0 Å². The summed E-state index contributed by atoms with van der Waals surface area (Å²) in [6, 6.07) is 13.7. The van der Waals surface area contributed by atoms with E-state index in [0.717, 1.165) is 0 Å². The molecule has 3 aromatic rings. The van der Waals surface area contributed by atoms with Crippen LogP contribution in [0.25, 0.3) is 0 Å². The topological polar surface area (TPSA) is 110 Å². The van der Waals surface area contributed by atoms with Gasteiger partial charge in [0.15, 0.2) is 9.84 Å². The number of hydrogen-bond donors (Lipinski definition) is 2. The largest absolute Gasteiger partial charge is 0.479 e. The molecule has 0 fully saturated rings. The van der Waals surface area contributed by atoms with E-state index in [9.17, 15) is 13.0 Å². The summed E-state index contributed by atoms with van der Waals surface area (Å²) in [4.78, 5) is 8.90. The van der Waals surface area contributed by atoms with Crippen LogP contribution in [0.3, 0.4) is 0 Å². The number of methoxy groups -OCH3 is 1. The number of anilines is 4. The minimum atomic E-state index is -3.45. The van der Waals surface area contributed by atoms with Gasteiger partial charge in [-0.3, -0.25) is 0 Å². The number of nitrogens with one attached hydrogen (secondary N) is 2. The smallest absolute Gasteiger partial charge is 0.238 e. The first-order chi connectivity index (χ1) is 15.0. The second-order valence-corrected chi connectivity index (χ2v) is 13.5. The first-order valence-corrected chi connectivity index (χ1v) is 14.1. The van der Waals surface area contributed by atoms with Gasteiger partial charge in [-0.15, -0.1) is 0 Å². The Hall–Kier alpha value is -2.90. The Morgan fingerprint density at radius 1 is 1.00 bits per heavy atom. The van der Waals surface area contributed by atoms with Gasteiger partial charge in [-0.1, -0.05) is 12.1 Å². The highest BCUT2D eigenvalue weighted by Crippen LogP contribution is 2.36. The van der Waals surface area contributed by atoms with Crippen LogP contribution in [-0.4, -0.2) is 44.1 Å². The quantitative estimate of drug-likeness (QED) is 0.462. The van der Waals surface area contributed by atoms with Crippen molar-refractivity contribution < 1.29 is 17.7 Å². The molecule has 0 aliphatic carbocycles. The highest BCUT2D eigenvalue weighted by Gasteiger charge is 2.22. The molecule has 0 bridgehead atoms. The van der Waals surface area contributed by atoms with Crippen molar-refractivity contribution >= 4 is 45.3 Å². The van der Waals surface area contributed by atoms with E-state index < -0.39 is 22.2 Å². The molecule has 8 nitrogen and oxygen atoms in total. The zero-order valence-electron chi connectivity index (χ0n) is 18.7. The van der Waals surface area contributed by atoms with Gasteiger partial charge in [0.2, 0.25) is 5.88 Å². The van der Waals surface area contributed by atoms with Crippen molar-refractivity contribution in [2.45, 2.75) is 24.0 Å². The van der Waals surface area contributed by atoms with Crippen molar-refractivity contribution in [1.29, 1.82) is 0 Å². The second-order valence-electron chi connectivity index (χ2n) is 7.85. The third-order valence-corrected chi connectivity index (χ3v) is 8.27. The molecule has 0 amide bonds. The molecule has 0 radical (unpaired) electrons. The maximum absolute atomic E-state index is 12.7. The number of ether oxygens (including phenoxy) is 1. The van der Waals surface area contributed by atoms with Crippen molar-refractivity contribution in [3.63, 3.8) is 0 Å². The number of hydrogen-bond acceptors (Lipinski definition) is 8. The molecule has 0 aliphatic heterocycles. The van der Waals surface area contributed by atoms with E-state index in [1.165, 1.54) is 7.11 Å². The third-order valence-electron chi connectivity index (χ3n) is 4.71. The number of aromatic nitrogens is 2. The van der Waals surface area contributed by atoms with Crippen LogP contribution in [0.4, 0.5) is 22.9 Å². The zero-order chi connectivity index (χ0) is 23.5. The molecule has 2 heterocycles. The van der Waals surface area contributed by atoms with Crippen LogP contribution in [0.1, 0.15) is 13.8 Å². The fourth-order valence-electron chi connectivity index (χ4n) is 2.92. The average Bonchev–Trinajstić information content (AvgIpc) is 2.73. The lowest BCUT2D eigenvalue weighted by molar-refractivity contribution is 0.401. The normalized spacial score (nSPS) is 11.9. The van der Waals surface area contributed by atoms with Gasteiger partial charge >= 0.3 is 0 Å². The van der Waals surface area contributed by atoms with Crippen molar-refractivity contribution in [3.05, 3.63) is 54.7 Å². The molecule has 170 valence electrons. The summed E-state index contributed by atoms with van der Waals surface area (Å²) >= 11 is 0. The minimum Gasteiger partial charge on any atom is -0.479 e. The molecule has 0 atom stereocenters. The Labute approximate surface area is 188 Å². The maximum Gasteiger partial charge on any atom is 0.238 e. The van der Waals surface area contributed by atoms with E-state index in [1.54, 1.807) is 81.9 Å². The van der Waals surface area contributed by atoms with Crippen LogP contribution in [0.2, 0.25) is 0 Å². The van der Waals surface area contributed by atoms with Gasteiger partial charge in [-0.25, -0.2) is 18.4 Å². The van der Waals surface area contributed by atoms with Gasteiger partial charge in [0.1, 0.15) is 24.1 Å². The Bertz CT molecular complexity index is 1270. The van der Waals surface area contributed by atoms with Gasteiger partial charge < -0.3 is 19.9 Å². The molecule has 0 saturated carbocycles. The monoisotopic (exact) mass is 474 g/mol. The van der Waals surface area contributed by atoms with Crippen LogP contribution in [0, 0.1) is 0 Å². The van der Waals surface area contributed by atoms with Crippen molar-refractivity contribution in [3.8, 4) is 5.88 Å². The predicted molar refractivity (Wildman–Crippen MR) is 129 cm³/mol. The summed E-state index contributed by atoms with van der Waals surface area (Å²) in [6.45, 7) is 6.61. The van der Waals surface area contributed by atoms with E-state index in [-0.39, 0.29) is 4.90 Å². The number of benzene rings is 1. The lowest BCUT2D eigenvalue weighted by atomic mass is 10.3. The second kappa shape index (κ2) is 9.30. The molecule has 0 spiro atoms. The number of sulfone groups is 1. The Morgan fingerprint density at radius 2 is 1.72 bits per heavy atom. The molecule has 0 unspecified atom stereocenters. The molecular weight excluding hydrogens is 447 g/mol. The molecule has 2 aromatic heterocycles. The van der Waals surface area contributed by atoms with Gasteiger partial charge in [-0.05, 0) is 57.5 Å². The molecule has 3 rings (SSSR count). The van der Waals surface area contributed by atoms with Crippen LogP contribution in [-0.2, 0) is 14.4 Å². The fourth-order valence-corrected chi connectivity index (χ4v) is 4.89. The summed E-state index contributed by atoms with van der Waals surface area (Å²) in [5.41, 5.74) is 2.19. The SMILES string of the molecule is COc1nc(P(C)(C)=O)ccc1Nc1cc(Nc2ccccc2S(=O)(=O)C(C)C)ccn1. The Kier molecular flexibility index (Phi) is 6.91. The van der Waals surface area contributed by atoms with Crippen LogP contribution in [0.5, 0.6) is 5.88 Å². The summed E-state index contributed by atoms with van der Waals surface area (Å²) in [7, 11) is -4.49. The molecule has 1 aromatic carbocycles. The highest BCUT2D eigenvalue weighted by molar-refractivity contribution is 7.92. The number of rotatable bonds is 8. The van der Waals surface area contributed by atoms with E-state index in [1.807, 2.05) is 0 Å². The van der Waals surface area contributed by atoms with Gasteiger partial charge in [0.05, 0.1) is 22.9 Å². The molecule has 10 heteroatoms. The fraction of sp³-hybridized carbons (Fsp3) is 0.273. The Morgan fingerprint density at radius 3 is 2.38 bits per heavy atom. The molecule has 0 aliphatic rings. The third kappa shape index (κ3) is 5.29. The van der Waals surface area contributed by atoms with Crippen LogP contribution < -0.4 is 20.8 Å². The van der Waals surface area contributed by atoms with Crippen molar-refractivity contribution in [1.82, 2.24) is 9.97 Å². The van der Waals surface area contributed by atoms with Gasteiger partial charge in [-0.2, -0.15) is 0 Å². The summed E-state index contributed by atoms with van der Waals surface area (Å²) in [5.74, 6) is 0.809. The highest BCUT2D eigenvalue weighted by atomic mass is 32.2. The predicted octanol–water partition coefficient (Wildman–Crippen LogP) is 4.40. The number of pyridine rings is 2. The Balaban J connectivity index is 1.89. The lowest BCUT2D eigenvalue weighted by Gasteiger charge is -2.16. The number of nitrogens with zero attached hydrogens (tertiary/aromatic N) is 2. The summed E-state index contributed by atoms with van der Waals surface area (Å²) in [6.07, 6.45) is 1.60. The van der Waals surface area contributed by atoms with E-state index in [2.05, 4.69) is 20.6 Å². The summed E-state index contributed by atoms with van der Waals surface area (Å²) < 4.78 is 43.1. The molecule has 0 saturated heterocycles. The van der Waals surface area contributed by atoms with Crippen LogP contribution >= 0.6 is 7.14 Å². The van der Waals surface area contributed by atoms with E-state index in [0.29, 0.717) is 34.2 Å². The maximum atomic E-state index is 12.7. The molecule has 32 heavy (non-hydrogen) atoms. The first-order valence-electron chi connectivity index (χ1n) is 9.96. The first kappa shape index (κ1) is 23.8. The lowest BCUT2D eigenvalue weighted by Crippen LogP contribution is -2.15. The molecule has 2 N–H and O–H groups in total.